The summed E-state index contributed by atoms with van der Waals surface area (Å²) in [5.41, 5.74) is -0.378. The molecule has 0 bridgehead atoms. The van der Waals surface area contributed by atoms with Gasteiger partial charge in [0, 0.05) is 6.54 Å². The van der Waals surface area contributed by atoms with Gasteiger partial charge in [0.2, 0.25) is 5.91 Å². The standard InChI is InChI=1S/C13H15FN2O2/c1-3-13(2)8-15-12(18)16(11(13)17)10-6-4-5-9(14)7-10/h4-7H,3,8H2,1-2H3,(H,15,18). The number of carbonyl (C=O) groups is 2. The molecule has 18 heavy (non-hydrogen) atoms. The maximum Gasteiger partial charge on any atom is 0.328 e. The van der Waals surface area contributed by atoms with Crippen LogP contribution in [0.15, 0.2) is 24.3 Å². The summed E-state index contributed by atoms with van der Waals surface area (Å²) < 4.78 is 13.2. The van der Waals surface area contributed by atoms with Crippen LogP contribution in [0.5, 0.6) is 0 Å². The van der Waals surface area contributed by atoms with Crippen molar-refractivity contribution in [1.82, 2.24) is 5.32 Å². The number of amides is 3. The molecule has 1 atom stereocenters. The highest BCUT2D eigenvalue weighted by Gasteiger charge is 2.43. The number of anilines is 1. The highest BCUT2D eigenvalue weighted by atomic mass is 19.1. The van der Waals surface area contributed by atoms with Crippen molar-refractivity contribution in [3.63, 3.8) is 0 Å². The Bertz CT molecular complexity index is 504. The molecule has 1 saturated heterocycles. The highest BCUT2D eigenvalue weighted by Crippen LogP contribution is 2.30. The fraction of sp³-hybridized carbons (Fsp3) is 0.385. The Hall–Kier alpha value is -1.91. The number of hydrogen-bond donors (Lipinski definition) is 1. The molecule has 0 saturated carbocycles. The van der Waals surface area contributed by atoms with Gasteiger partial charge in [0.25, 0.3) is 0 Å². The van der Waals surface area contributed by atoms with E-state index in [0.29, 0.717) is 13.0 Å². The first kappa shape index (κ1) is 12.5. The first-order valence-corrected chi connectivity index (χ1v) is 5.86. The van der Waals surface area contributed by atoms with Gasteiger partial charge in [-0.2, -0.15) is 0 Å². The van der Waals surface area contributed by atoms with Crippen molar-refractivity contribution in [1.29, 1.82) is 0 Å². The van der Waals surface area contributed by atoms with Gasteiger partial charge in [0.05, 0.1) is 11.1 Å². The number of nitrogens with zero attached hydrogens (tertiary/aromatic N) is 1. The normalized spacial score (nSPS) is 24.1. The molecule has 1 aromatic rings. The number of rotatable bonds is 2. The number of urea groups is 1. The minimum absolute atomic E-state index is 0.261. The quantitative estimate of drug-likeness (QED) is 0.875. The van der Waals surface area contributed by atoms with E-state index in [2.05, 4.69) is 5.32 Å². The molecule has 1 N–H and O–H groups in total. The van der Waals surface area contributed by atoms with E-state index in [1.54, 1.807) is 13.0 Å². The fourth-order valence-electron chi connectivity index (χ4n) is 1.91. The van der Waals surface area contributed by atoms with E-state index in [1.165, 1.54) is 18.2 Å². The first-order valence-electron chi connectivity index (χ1n) is 5.86. The van der Waals surface area contributed by atoms with Crippen LogP contribution in [0, 0.1) is 11.2 Å². The van der Waals surface area contributed by atoms with Crippen molar-refractivity contribution in [3.8, 4) is 0 Å². The smallest absolute Gasteiger partial charge is 0.328 e. The molecule has 1 heterocycles. The van der Waals surface area contributed by atoms with Crippen LogP contribution in [-0.2, 0) is 4.79 Å². The minimum Gasteiger partial charge on any atom is -0.336 e. The second-order valence-electron chi connectivity index (χ2n) is 4.69. The van der Waals surface area contributed by atoms with E-state index < -0.39 is 17.3 Å². The number of carbonyl (C=O) groups excluding carboxylic acids is 2. The van der Waals surface area contributed by atoms with Crippen LogP contribution in [0.4, 0.5) is 14.9 Å². The van der Waals surface area contributed by atoms with Gasteiger partial charge in [-0.1, -0.05) is 13.0 Å². The number of nitrogens with one attached hydrogen (secondary N) is 1. The van der Waals surface area contributed by atoms with Crippen molar-refractivity contribution < 1.29 is 14.0 Å². The monoisotopic (exact) mass is 250 g/mol. The van der Waals surface area contributed by atoms with Crippen LogP contribution in [0.2, 0.25) is 0 Å². The molecule has 1 aliphatic heterocycles. The van der Waals surface area contributed by atoms with Crippen molar-refractivity contribution >= 4 is 17.6 Å². The summed E-state index contributed by atoms with van der Waals surface area (Å²) in [6.45, 7) is 3.99. The third kappa shape index (κ3) is 1.96. The molecule has 96 valence electrons. The Balaban J connectivity index is 2.41. The maximum absolute atomic E-state index is 13.2. The Kier molecular flexibility index (Phi) is 3.07. The highest BCUT2D eigenvalue weighted by molar-refractivity contribution is 6.17. The van der Waals surface area contributed by atoms with Gasteiger partial charge in [0.15, 0.2) is 0 Å². The molecule has 3 amide bonds. The van der Waals surface area contributed by atoms with E-state index in [9.17, 15) is 14.0 Å². The van der Waals surface area contributed by atoms with Crippen LogP contribution in [-0.4, -0.2) is 18.5 Å². The summed E-state index contributed by atoms with van der Waals surface area (Å²) in [5.74, 6) is -0.767. The molecule has 0 aromatic heterocycles. The van der Waals surface area contributed by atoms with Gasteiger partial charge in [-0.15, -0.1) is 0 Å². The van der Waals surface area contributed by atoms with Crippen LogP contribution in [0.25, 0.3) is 0 Å². The third-order valence-corrected chi connectivity index (χ3v) is 3.40. The van der Waals surface area contributed by atoms with E-state index >= 15 is 0 Å². The van der Waals surface area contributed by atoms with Gasteiger partial charge in [-0.3, -0.25) is 4.79 Å². The second-order valence-corrected chi connectivity index (χ2v) is 4.69. The molecular weight excluding hydrogens is 235 g/mol. The van der Waals surface area contributed by atoms with Crippen molar-refractivity contribution in [2.24, 2.45) is 5.41 Å². The first-order chi connectivity index (χ1) is 8.48. The van der Waals surface area contributed by atoms with Crippen molar-refractivity contribution in [2.45, 2.75) is 20.3 Å². The van der Waals surface area contributed by atoms with Gasteiger partial charge in [0.1, 0.15) is 5.82 Å². The van der Waals surface area contributed by atoms with Crippen molar-refractivity contribution in [3.05, 3.63) is 30.1 Å². The molecule has 4 nitrogen and oxygen atoms in total. The molecular formula is C13H15FN2O2. The Morgan fingerprint density at radius 3 is 2.78 bits per heavy atom. The fourth-order valence-corrected chi connectivity index (χ4v) is 1.91. The van der Waals surface area contributed by atoms with E-state index in [0.717, 1.165) is 4.90 Å². The lowest BCUT2D eigenvalue weighted by Crippen LogP contribution is -2.59. The molecule has 2 rings (SSSR count). The summed E-state index contributed by atoms with van der Waals surface area (Å²) in [5, 5.41) is 2.67. The molecule has 0 radical (unpaired) electrons. The second kappa shape index (κ2) is 4.40. The predicted molar refractivity (Wildman–Crippen MR) is 65.7 cm³/mol. The Morgan fingerprint density at radius 1 is 1.44 bits per heavy atom. The number of halogens is 1. The lowest BCUT2D eigenvalue weighted by molar-refractivity contribution is -0.127. The van der Waals surface area contributed by atoms with Gasteiger partial charge < -0.3 is 5.32 Å². The summed E-state index contributed by atoms with van der Waals surface area (Å²) in [4.78, 5) is 25.1. The molecule has 1 fully saturated rings. The zero-order valence-electron chi connectivity index (χ0n) is 10.4. The molecule has 5 heteroatoms. The van der Waals surface area contributed by atoms with E-state index in [1.807, 2.05) is 6.92 Å². The summed E-state index contributed by atoms with van der Waals surface area (Å²) >= 11 is 0. The third-order valence-electron chi connectivity index (χ3n) is 3.40. The van der Waals surface area contributed by atoms with E-state index in [-0.39, 0.29) is 11.6 Å². The number of imide groups is 1. The molecule has 1 aliphatic rings. The Morgan fingerprint density at radius 2 is 2.17 bits per heavy atom. The molecule has 1 aromatic carbocycles. The van der Waals surface area contributed by atoms with Crippen LogP contribution >= 0.6 is 0 Å². The van der Waals surface area contributed by atoms with E-state index in [4.69, 9.17) is 0 Å². The summed E-state index contributed by atoms with van der Waals surface area (Å²) in [6, 6.07) is 4.97. The van der Waals surface area contributed by atoms with Crippen LogP contribution < -0.4 is 10.2 Å². The molecule has 0 aliphatic carbocycles. The Labute approximate surface area is 105 Å². The largest absolute Gasteiger partial charge is 0.336 e. The van der Waals surface area contributed by atoms with Gasteiger partial charge >= 0.3 is 6.03 Å². The topological polar surface area (TPSA) is 49.4 Å². The van der Waals surface area contributed by atoms with Crippen molar-refractivity contribution in [2.75, 3.05) is 11.4 Å². The number of benzene rings is 1. The lowest BCUT2D eigenvalue weighted by Gasteiger charge is -2.37. The average molecular weight is 250 g/mol. The maximum atomic E-state index is 13.2. The lowest BCUT2D eigenvalue weighted by atomic mass is 9.84. The van der Waals surface area contributed by atoms with Crippen LogP contribution in [0.3, 0.4) is 0 Å². The average Bonchev–Trinajstić information content (AvgIpc) is 2.35. The molecule has 0 spiro atoms. The zero-order valence-corrected chi connectivity index (χ0v) is 10.4. The van der Waals surface area contributed by atoms with Gasteiger partial charge in [-0.25, -0.2) is 14.1 Å². The SMILES string of the molecule is CCC1(C)CNC(=O)N(c2cccc(F)c2)C1=O. The van der Waals surface area contributed by atoms with Crippen LogP contribution in [0.1, 0.15) is 20.3 Å². The summed E-state index contributed by atoms with van der Waals surface area (Å²) in [6.07, 6.45) is 0.609. The zero-order chi connectivity index (χ0) is 13.3. The molecule has 1 unspecified atom stereocenters. The summed E-state index contributed by atoms with van der Waals surface area (Å²) in [7, 11) is 0. The minimum atomic E-state index is -0.639. The predicted octanol–water partition coefficient (Wildman–Crippen LogP) is 2.30. The number of hydrogen-bond acceptors (Lipinski definition) is 2. The van der Waals surface area contributed by atoms with Gasteiger partial charge in [-0.05, 0) is 31.5 Å².